The van der Waals surface area contributed by atoms with Gasteiger partial charge >= 0.3 is 5.97 Å². The smallest absolute Gasteiger partial charge is 0.325 e. The maximum Gasteiger partial charge on any atom is 0.325 e. The molecule has 3 aromatic rings. The summed E-state index contributed by atoms with van der Waals surface area (Å²) < 4.78 is 7.44. The van der Waals surface area contributed by atoms with Crippen molar-refractivity contribution < 1.29 is 9.53 Å². The van der Waals surface area contributed by atoms with Crippen LogP contribution >= 0.6 is 23.8 Å². The van der Waals surface area contributed by atoms with E-state index in [2.05, 4.69) is 41.7 Å². The first-order valence-electron chi connectivity index (χ1n) is 10.9. The Morgan fingerprint density at radius 2 is 2.00 bits per heavy atom. The summed E-state index contributed by atoms with van der Waals surface area (Å²) in [6.45, 7) is 8.41. The summed E-state index contributed by atoms with van der Waals surface area (Å²) in [7, 11) is 0. The third-order valence-electron chi connectivity index (χ3n) is 6.00. The summed E-state index contributed by atoms with van der Waals surface area (Å²) >= 11 is 12.0. The highest BCUT2D eigenvalue weighted by molar-refractivity contribution is 7.80. The Hall–Kier alpha value is -2.90. The van der Waals surface area contributed by atoms with Gasteiger partial charge in [0.2, 0.25) is 0 Å². The fourth-order valence-electron chi connectivity index (χ4n) is 4.54. The highest BCUT2D eigenvalue weighted by Gasteiger charge is 2.42. The molecule has 0 unspecified atom stereocenters. The van der Waals surface area contributed by atoms with Gasteiger partial charge in [-0.3, -0.25) is 9.78 Å². The van der Waals surface area contributed by atoms with Gasteiger partial charge < -0.3 is 19.5 Å². The lowest BCUT2D eigenvalue weighted by atomic mass is 9.96. The van der Waals surface area contributed by atoms with Gasteiger partial charge in [-0.1, -0.05) is 23.7 Å². The molecule has 1 aliphatic heterocycles. The minimum Gasteiger partial charge on any atom is -0.465 e. The average Bonchev–Trinajstić information content (AvgIpc) is 3.26. The van der Waals surface area contributed by atoms with Crippen molar-refractivity contribution in [2.24, 2.45) is 0 Å². The number of carbonyl (C=O) groups is 1. The summed E-state index contributed by atoms with van der Waals surface area (Å²) in [5.41, 5.74) is 6.21. The van der Waals surface area contributed by atoms with Gasteiger partial charge in [0, 0.05) is 28.3 Å². The number of hydrogen-bond donors (Lipinski definition) is 1. The predicted molar refractivity (Wildman–Crippen MR) is 134 cm³/mol. The van der Waals surface area contributed by atoms with Crippen LogP contribution in [0.2, 0.25) is 5.02 Å². The van der Waals surface area contributed by atoms with Crippen LogP contribution in [0.25, 0.3) is 5.69 Å². The second-order valence-electron chi connectivity index (χ2n) is 8.15. The van der Waals surface area contributed by atoms with Crippen LogP contribution in [0, 0.1) is 20.8 Å². The minimum absolute atomic E-state index is 0.0630. The van der Waals surface area contributed by atoms with E-state index >= 15 is 0 Å². The van der Waals surface area contributed by atoms with E-state index in [1.807, 2.05) is 41.3 Å². The van der Waals surface area contributed by atoms with Crippen molar-refractivity contribution in [3.8, 4) is 5.69 Å². The lowest BCUT2D eigenvalue weighted by Crippen LogP contribution is -2.35. The number of aryl methyl sites for hydroxylation is 2. The van der Waals surface area contributed by atoms with E-state index in [1.165, 1.54) is 0 Å². The first-order valence-corrected chi connectivity index (χ1v) is 11.7. The van der Waals surface area contributed by atoms with Crippen LogP contribution in [-0.4, -0.2) is 38.7 Å². The number of aromatic nitrogens is 2. The lowest BCUT2D eigenvalue weighted by Gasteiger charge is -2.27. The fraction of sp³-hybridized carbons (Fsp3) is 0.320. The van der Waals surface area contributed by atoms with Gasteiger partial charge in [0.1, 0.15) is 6.54 Å². The van der Waals surface area contributed by atoms with Crippen molar-refractivity contribution >= 4 is 34.9 Å². The van der Waals surface area contributed by atoms with Crippen molar-refractivity contribution in [2.45, 2.75) is 39.8 Å². The molecule has 2 atom stereocenters. The molecule has 4 rings (SSSR count). The van der Waals surface area contributed by atoms with Gasteiger partial charge in [-0.15, -0.1) is 0 Å². The Labute approximate surface area is 204 Å². The van der Waals surface area contributed by atoms with Crippen molar-refractivity contribution in [3.05, 3.63) is 81.9 Å². The Balaban J connectivity index is 1.84. The quantitative estimate of drug-likeness (QED) is 0.394. The SMILES string of the molecule is CCOC(=O)CN1C(=S)N[C@H](c2ccccn2)[C@@H]1c1cc(C)n(-c2cc(Cl)ccc2C)c1C. The summed E-state index contributed by atoms with van der Waals surface area (Å²) in [5.74, 6) is -0.312. The molecule has 2 aromatic heterocycles. The summed E-state index contributed by atoms with van der Waals surface area (Å²) in [6.07, 6.45) is 1.77. The molecule has 1 fully saturated rings. The molecule has 0 saturated carbocycles. The van der Waals surface area contributed by atoms with Crippen LogP contribution in [0.3, 0.4) is 0 Å². The molecule has 8 heteroatoms. The molecule has 1 aromatic carbocycles. The third-order valence-corrected chi connectivity index (χ3v) is 6.59. The molecular weight excluding hydrogens is 456 g/mol. The lowest BCUT2D eigenvalue weighted by molar-refractivity contribution is -0.143. The molecule has 0 spiro atoms. The minimum atomic E-state index is -0.312. The van der Waals surface area contributed by atoms with Gasteiger partial charge in [-0.25, -0.2) is 0 Å². The number of rotatable bonds is 6. The number of carbonyl (C=O) groups excluding carboxylic acids is 1. The van der Waals surface area contributed by atoms with Crippen LogP contribution in [0.15, 0.2) is 48.7 Å². The van der Waals surface area contributed by atoms with Crippen LogP contribution in [0.5, 0.6) is 0 Å². The second-order valence-corrected chi connectivity index (χ2v) is 8.98. The Kier molecular flexibility index (Phi) is 6.72. The molecule has 3 heterocycles. The fourth-order valence-corrected chi connectivity index (χ4v) is 5.01. The zero-order valence-corrected chi connectivity index (χ0v) is 20.7. The van der Waals surface area contributed by atoms with E-state index in [-0.39, 0.29) is 24.6 Å². The number of esters is 1. The molecule has 33 heavy (non-hydrogen) atoms. The molecule has 1 N–H and O–H groups in total. The molecule has 6 nitrogen and oxygen atoms in total. The summed E-state index contributed by atoms with van der Waals surface area (Å²) in [6, 6.07) is 13.4. The van der Waals surface area contributed by atoms with Crippen LogP contribution < -0.4 is 5.32 Å². The van der Waals surface area contributed by atoms with Gasteiger partial charge in [-0.05, 0) is 81.4 Å². The number of benzene rings is 1. The number of hydrogen-bond acceptors (Lipinski definition) is 4. The van der Waals surface area contributed by atoms with Crippen molar-refractivity contribution in [3.63, 3.8) is 0 Å². The van der Waals surface area contributed by atoms with Crippen LogP contribution in [-0.2, 0) is 9.53 Å². The third kappa shape index (κ3) is 4.48. The zero-order valence-electron chi connectivity index (χ0n) is 19.1. The van der Waals surface area contributed by atoms with Crippen LogP contribution in [0.1, 0.15) is 47.2 Å². The Bertz CT molecular complexity index is 1190. The maximum atomic E-state index is 12.4. The van der Waals surface area contributed by atoms with E-state index in [0.717, 1.165) is 33.9 Å². The summed E-state index contributed by atoms with van der Waals surface area (Å²) in [5, 5.41) is 4.58. The molecule has 172 valence electrons. The first kappa shape index (κ1) is 23.3. The van der Waals surface area contributed by atoms with E-state index in [4.69, 9.17) is 28.6 Å². The topological polar surface area (TPSA) is 59.4 Å². The standard InChI is InChI=1S/C25H27ClN4O2S/c1-5-32-22(31)14-29-24(23(28-25(29)33)20-8-6-7-11-27-20)19-12-16(3)30(17(19)4)21-13-18(26)10-9-15(21)2/h6-13,23-24H,5,14H2,1-4H3,(H,28,33)/t23-,24+/m1/s1. The highest BCUT2D eigenvalue weighted by Crippen LogP contribution is 2.41. The molecule has 0 bridgehead atoms. The average molecular weight is 483 g/mol. The Morgan fingerprint density at radius 3 is 2.70 bits per heavy atom. The maximum absolute atomic E-state index is 12.4. The number of ether oxygens (including phenoxy) is 1. The zero-order chi connectivity index (χ0) is 23.7. The normalized spacial score (nSPS) is 17.8. The highest BCUT2D eigenvalue weighted by atomic mass is 35.5. The largest absolute Gasteiger partial charge is 0.465 e. The first-order chi connectivity index (χ1) is 15.8. The van der Waals surface area contributed by atoms with E-state index < -0.39 is 0 Å². The molecule has 0 amide bonds. The van der Waals surface area contributed by atoms with Crippen LogP contribution in [0.4, 0.5) is 0 Å². The Morgan fingerprint density at radius 1 is 1.21 bits per heavy atom. The van der Waals surface area contributed by atoms with Gasteiger partial charge in [0.15, 0.2) is 5.11 Å². The van der Waals surface area contributed by atoms with Crippen molar-refractivity contribution in [1.29, 1.82) is 0 Å². The van der Waals surface area contributed by atoms with E-state index in [0.29, 0.717) is 16.7 Å². The molecule has 1 saturated heterocycles. The van der Waals surface area contributed by atoms with Gasteiger partial charge in [0.05, 0.1) is 24.4 Å². The number of thiocarbonyl (C=S) groups is 1. The van der Waals surface area contributed by atoms with Crippen molar-refractivity contribution in [1.82, 2.24) is 19.8 Å². The number of pyridine rings is 1. The van der Waals surface area contributed by atoms with Crippen molar-refractivity contribution in [2.75, 3.05) is 13.2 Å². The van der Waals surface area contributed by atoms with Gasteiger partial charge in [0.25, 0.3) is 0 Å². The number of halogens is 1. The number of nitrogens with one attached hydrogen (secondary N) is 1. The van der Waals surface area contributed by atoms with E-state index in [1.54, 1.807) is 13.1 Å². The van der Waals surface area contributed by atoms with Gasteiger partial charge in [-0.2, -0.15) is 0 Å². The molecule has 1 aliphatic rings. The predicted octanol–water partition coefficient (Wildman–Crippen LogP) is 4.99. The van der Waals surface area contributed by atoms with E-state index in [9.17, 15) is 4.79 Å². The second kappa shape index (κ2) is 9.53. The molecular formula is C25H27ClN4O2S. The molecule has 0 radical (unpaired) electrons. The molecule has 0 aliphatic carbocycles. The monoisotopic (exact) mass is 482 g/mol. The number of nitrogens with zero attached hydrogens (tertiary/aromatic N) is 3. The summed E-state index contributed by atoms with van der Waals surface area (Å²) in [4.78, 5) is 18.9.